The fourth-order valence-electron chi connectivity index (χ4n) is 0.267. The predicted molar refractivity (Wildman–Crippen MR) is 25.7 cm³/mol. The number of aryl methyl sites for hydroxylation is 1. The summed E-state index contributed by atoms with van der Waals surface area (Å²) in [5.41, 5.74) is 0. The van der Waals surface area contributed by atoms with Gasteiger partial charge >= 0.3 is 0 Å². The molecular weight excluding hydrogens is 95.0 g/mol. The van der Waals surface area contributed by atoms with E-state index in [4.69, 9.17) is 0 Å². The fraction of sp³-hybridized carbons (Fsp3) is 0.333. The zero-order chi connectivity index (χ0) is 4.41. The van der Waals surface area contributed by atoms with Gasteiger partial charge in [-0.1, -0.05) is 0 Å². The molecule has 0 bridgehead atoms. The third kappa shape index (κ3) is 0.575. The lowest BCUT2D eigenvalue weighted by Crippen LogP contribution is -1.44. The molecule has 1 rings (SSSR count). The van der Waals surface area contributed by atoms with Crippen LogP contribution in [-0.2, 0) is 6.66 Å². The summed E-state index contributed by atoms with van der Waals surface area (Å²) in [6.45, 7) is 2.06. The Labute approximate surface area is 37.4 Å². The molecule has 0 saturated heterocycles. The van der Waals surface area contributed by atoms with Crippen LogP contribution in [0.4, 0.5) is 0 Å². The van der Waals surface area contributed by atoms with E-state index in [1.54, 1.807) is 6.33 Å². The molecule has 1 atom stereocenters. The maximum Gasteiger partial charge on any atom is 0.119 e. The van der Waals surface area contributed by atoms with Crippen LogP contribution in [0, 0.1) is 0 Å². The first kappa shape index (κ1) is 3.82. The quantitative estimate of drug-likeness (QED) is 0.486. The van der Waals surface area contributed by atoms with Gasteiger partial charge < -0.3 is 0 Å². The first-order valence-corrected chi connectivity index (χ1v) is 3.49. The van der Waals surface area contributed by atoms with Gasteiger partial charge in [-0.05, 0) is 14.4 Å². The Morgan fingerprint density at radius 2 is 2.50 bits per heavy atom. The maximum absolute atomic E-state index is 3.95. The highest BCUT2D eigenvalue weighted by atomic mass is 31.1. The van der Waals surface area contributed by atoms with Crippen molar-refractivity contribution < 1.29 is 0 Å². The van der Waals surface area contributed by atoms with E-state index in [1.165, 1.54) is 0 Å². The molecule has 1 unspecified atom stereocenters. The largest absolute Gasteiger partial charge is 0.239 e. The number of hydrogen-bond acceptors (Lipinski definition) is 2. The van der Waals surface area contributed by atoms with Crippen molar-refractivity contribution in [3.63, 3.8) is 0 Å². The topological polar surface area (TPSA) is 25.8 Å². The van der Waals surface area contributed by atoms with E-state index in [9.17, 15) is 0 Å². The van der Waals surface area contributed by atoms with Gasteiger partial charge in [-0.15, -0.1) is 0 Å². The molecule has 1 aromatic heterocycles. The monoisotopic (exact) mass is 100 g/mol. The van der Waals surface area contributed by atoms with Gasteiger partial charge in [0, 0.05) is 0 Å². The van der Waals surface area contributed by atoms with Crippen molar-refractivity contribution in [1.29, 1.82) is 0 Å². The number of hydrogen-bond donors (Lipinski definition) is 0. The average molecular weight is 100 g/mol. The van der Waals surface area contributed by atoms with E-state index < -0.39 is 0 Å². The zero-order valence-electron chi connectivity index (χ0n) is 3.50. The normalized spacial score (nSPS) is 11.8. The van der Waals surface area contributed by atoms with E-state index >= 15 is 0 Å². The second-order valence-corrected chi connectivity index (χ2v) is 2.68. The highest BCUT2D eigenvalue weighted by Crippen LogP contribution is 2.11. The van der Waals surface area contributed by atoms with E-state index in [0.29, 0.717) is 0 Å². The van der Waals surface area contributed by atoms with Crippen LogP contribution >= 0.6 is 7.69 Å². The second kappa shape index (κ2) is 1.39. The van der Waals surface area contributed by atoms with Gasteiger partial charge in [0.25, 0.3) is 0 Å². The minimum Gasteiger partial charge on any atom is -0.239 e. The lowest BCUT2D eigenvalue weighted by atomic mass is 11.4. The number of nitrogens with zero attached hydrogens (tertiary/aromatic N) is 2. The molecule has 6 heavy (non-hydrogen) atoms. The molecule has 0 aliphatic heterocycles. The van der Waals surface area contributed by atoms with Crippen LogP contribution in [-0.4, -0.2) is 9.73 Å². The van der Waals surface area contributed by atoms with Crippen molar-refractivity contribution in [3.05, 3.63) is 12.3 Å². The Bertz CT molecular complexity index is 112. The summed E-state index contributed by atoms with van der Waals surface area (Å²) in [6.07, 6.45) is 1.60. The number of rotatable bonds is 0. The van der Waals surface area contributed by atoms with Crippen molar-refractivity contribution in [2.75, 3.05) is 0 Å². The summed E-state index contributed by atoms with van der Waals surface area (Å²) >= 11 is 0. The van der Waals surface area contributed by atoms with Gasteiger partial charge in [0.15, 0.2) is 0 Å². The van der Waals surface area contributed by atoms with Gasteiger partial charge in [-0.2, -0.15) is 0 Å². The van der Waals surface area contributed by atoms with Crippen LogP contribution in [0.3, 0.4) is 0 Å². The highest BCUT2D eigenvalue weighted by Gasteiger charge is 1.74. The van der Waals surface area contributed by atoms with E-state index in [1.807, 2.05) is 5.93 Å². The van der Waals surface area contributed by atoms with Crippen LogP contribution in [0.5, 0.6) is 0 Å². The Morgan fingerprint density at radius 3 is 2.67 bits per heavy atom. The fourth-order valence-corrected chi connectivity index (χ4v) is 0.802. The van der Waals surface area contributed by atoms with E-state index in [0.717, 1.165) is 0 Å². The van der Waals surface area contributed by atoms with Gasteiger partial charge in [-0.3, -0.25) is 0 Å². The molecule has 1 heterocycles. The molecule has 0 amide bonds. The first-order valence-electron chi connectivity index (χ1n) is 1.68. The molecule has 0 spiro atoms. The lowest BCUT2D eigenvalue weighted by Gasteiger charge is -1.65. The Morgan fingerprint density at radius 1 is 1.67 bits per heavy atom. The average Bonchev–Trinajstić information content (AvgIpc) is 1.86. The molecule has 1 aromatic rings. The minimum atomic E-state index is -0.187. The molecule has 0 radical (unpaired) electrons. The standard InChI is InChI=1S/C3H5N2P/c1-6-3-4-2-5-6/h2-3H,1H3. The minimum absolute atomic E-state index is 0.187. The smallest absolute Gasteiger partial charge is 0.119 e. The van der Waals surface area contributed by atoms with Crippen LogP contribution in [0.1, 0.15) is 0 Å². The first-order chi connectivity index (χ1) is 2.89. The van der Waals surface area contributed by atoms with Crippen LogP contribution in [0.25, 0.3) is 0 Å². The molecule has 0 saturated carbocycles. The van der Waals surface area contributed by atoms with Crippen molar-refractivity contribution in [1.82, 2.24) is 9.73 Å². The van der Waals surface area contributed by atoms with Crippen molar-refractivity contribution in [2.24, 2.45) is 6.66 Å². The third-order valence-electron chi connectivity index (χ3n) is 0.534. The van der Waals surface area contributed by atoms with Crippen molar-refractivity contribution in [2.45, 2.75) is 0 Å². The maximum atomic E-state index is 3.95. The summed E-state index contributed by atoms with van der Waals surface area (Å²) in [6, 6.07) is 0. The Balaban J connectivity index is 3.05. The van der Waals surface area contributed by atoms with Crippen molar-refractivity contribution in [3.8, 4) is 0 Å². The molecule has 2 nitrogen and oxygen atoms in total. The molecule has 0 fully saturated rings. The molecule has 0 N–H and O–H groups in total. The lowest BCUT2D eigenvalue weighted by molar-refractivity contribution is 1.33. The third-order valence-corrected chi connectivity index (χ3v) is 1.47. The Kier molecular flexibility index (Phi) is 0.887. The summed E-state index contributed by atoms with van der Waals surface area (Å²) in [5, 5.41) is 0. The van der Waals surface area contributed by atoms with Crippen LogP contribution in [0.15, 0.2) is 12.3 Å². The summed E-state index contributed by atoms with van der Waals surface area (Å²) in [7, 11) is -0.187. The van der Waals surface area contributed by atoms with Crippen LogP contribution < -0.4 is 0 Å². The van der Waals surface area contributed by atoms with Gasteiger partial charge in [-0.25, -0.2) is 9.73 Å². The van der Waals surface area contributed by atoms with Gasteiger partial charge in [0.2, 0.25) is 0 Å². The van der Waals surface area contributed by atoms with Gasteiger partial charge in [0.1, 0.15) is 6.33 Å². The summed E-state index contributed by atoms with van der Waals surface area (Å²) in [5.74, 6) is 1.87. The SMILES string of the molecule is Cp1cncn1. The van der Waals surface area contributed by atoms with Crippen LogP contribution in [0.2, 0.25) is 0 Å². The molecule has 32 valence electrons. The molecule has 0 aliphatic rings. The summed E-state index contributed by atoms with van der Waals surface area (Å²) < 4.78 is 3.95. The Hall–Kier alpha value is -0.360. The van der Waals surface area contributed by atoms with E-state index in [2.05, 4.69) is 16.4 Å². The predicted octanol–water partition coefficient (Wildman–Crippen LogP) is 1.00. The molecule has 3 heteroatoms. The van der Waals surface area contributed by atoms with Crippen molar-refractivity contribution >= 4 is 7.69 Å². The summed E-state index contributed by atoms with van der Waals surface area (Å²) in [4.78, 5) is 3.78. The van der Waals surface area contributed by atoms with E-state index in [-0.39, 0.29) is 7.69 Å². The second-order valence-electron chi connectivity index (χ2n) is 1.07. The zero-order valence-corrected chi connectivity index (χ0v) is 4.39. The molecule has 0 aromatic carbocycles. The molecular formula is C3H5N2P. The molecule has 0 aliphatic carbocycles. The highest BCUT2D eigenvalue weighted by molar-refractivity contribution is 7.42. The van der Waals surface area contributed by atoms with Gasteiger partial charge in [0.05, 0.1) is 5.93 Å². The number of aromatic nitrogens is 2.